The first-order chi connectivity index (χ1) is 8.90. The zero-order valence-electron chi connectivity index (χ0n) is 11.2. The Bertz CT molecular complexity index is 443. The molecule has 1 aromatic rings. The van der Waals surface area contributed by atoms with E-state index in [0.717, 1.165) is 17.7 Å². The van der Waals surface area contributed by atoms with Crippen molar-refractivity contribution in [2.45, 2.75) is 32.0 Å². The van der Waals surface area contributed by atoms with Crippen LogP contribution in [0.4, 0.5) is 18.9 Å². The fourth-order valence-electron chi connectivity index (χ4n) is 2.42. The van der Waals surface area contributed by atoms with E-state index in [1.54, 1.807) is 0 Å². The molecule has 1 aromatic carbocycles. The molecule has 19 heavy (non-hydrogen) atoms. The van der Waals surface area contributed by atoms with Gasteiger partial charge in [0.2, 0.25) is 0 Å². The molecule has 0 saturated carbocycles. The minimum absolute atomic E-state index is 0.0530. The fourth-order valence-corrected chi connectivity index (χ4v) is 2.42. The molecule has 5 heteroatoms. The average molecular weight is 272 g/mol. The van der Waals surface area contributed by atoms with Crippen LogP contribution in [0.2, 0.25) is 0 Å². The normalized spacial score (nSPS) is 16.6. The minimum atomic E-state index is -4.08. The van der Waals surface area contributed by atoms with Gasteiger partial charge in [0.05, 0.1) is 6.42 Å². The van der Waals surface area contributed by atoms with E-state index < -0.39 is 12.6 Å². The number of nitrogens with zero attached hydrogens (tertiary/aromatic N) is 1. The maximum absolute atomic E-state index is 12.3. The van der Waals surface area contributed by atoms with Crippen LogP contribution in [0.25, 0.3) is 0 Å². The molecule has 1 unspecified atom stereocenters. The number of nitrogens with one attached hydrogen (secondary N) is 1. The number of benzene rings is 1. The lowest BCUT2D eigenvalue weighted by molar-refractivity contribution is -0.132. The summed E-state index contributed by atoms with van der Waals surface area (Å²) in [5, 5.41) is 3.17. The molecular formula is C14H19F3N2. The second-order valence-corrected chi connectivity index (χ2v) is 5.00. The highest BCUT2D eigenvalue weighted by atomic mass is 19.4. The van der Waals surface area contributed by atoms with Gasteiger partial charge < -0.3 is 10.2 Å². The average Bonchev–Trinajstić information content (AvgIpc) is 2.76. The van der Waals surface area contributed by atoms with Gasteiger partial charge in [-0.2, -0.15) is 13.2 Å². The van der Waals surface area contributed by atoms with Gasteiger partial charge in [0.25, 0.3) is 0 Å². The van der Waals surface area contributed by atoms with Crippen LogP contribution in [0.5, 0.6) is 0 Å². The van der Waals surface area contributed by atoms with Gasteiger partial charge in [-0.05, 0) is 37.6 Å². The van der Waals surface area contributed by atoms with Gasteiger partial charge in [0.15, 0.2) is 0 Å². The Labute approximate surface area is 111 Å². The Balaban J connectivity index is 2.09. The van der Waals surface area contributed by atoms with Crippen LogP contribution in [-0.4, -0.2) is 26.3 Å². The van der Waals surface area contributed by atoms with Crippen molar-refractivity contribution in [3.8, 4) is 0 Å². The fraction of sp³-hybridized carbons (Fsp3) is 0.571. The summed E-state index contributed by atoms with van der Waals surface area (Å²) < 4.78 is 36.8. The van der Waals surface area contributed by atoms with Crippen LogP contribution in [-0.2, 0) is 6.42 Å². The summed E-state index contributed by atoms with van der Waals surface area (Å²) in [5.41, 5.74) is 3.29. The molecule has 0 amide bonds. The Morgan fingerprint density at radius 2 is 2.11 bits per heavy atom. The van der Waals surface area contributed by atoms with Gasteiger partial charge >= 0.3 is 6.18 Å². The highest BCUT2D eigenvalue weighted by Crippen LogP contribution is 2.31. The Hall–Kier alpha value is -1.23. The standard InChI is InChI=1S/C14H19F3N2/c1-10(18-2)11-3-4-13-12(9-11)5-7-19(13)8-6-14(15,16)17/h3-4,9-10,18H,5-8H2,1-2H3. The molecule has 1 atom stereocenters. The molecule has 1 aliphatic heterocycles. The van der Waals surface area contributed by atoms with Crippen LogP contribution in [0.1, 0.15) is 30.5 Å². The number of halogens is 3. The number of fused-ring (bicyclic) bond motifs is 1. The topological polar surface area (TPSA) is 15.3 Å². The molecule has 0 aliphatic carbocycles. The second kappa shape index (κ2) is 5.41. The zero-order valence-corrected chi connectivity index (χ0v) is 11.2. The lowest BCUT2D eigenvalue weighted by Gasteiger charge is -2.21. The third-order valence-electron chi connectivity index (χ3n) is 3.69. The van der Waals surface area contributed by atoms with E-state index in [2.05, 4.69) is 18.3 Å². The van der Waals surface area contributed by atoms with Crippen molar-refractivity contribution in [2.75, 3.05) is 25.0 Å². The molecule has 0 bridgehead atoms. The van der Waals surface area contributed by atoms with Gasteiger partial charge in [-0.1, -0.05) is 12.1 Å². The number of alkyl halides is 3. The number of rotatable bonds is 4. The highest BCUT2D eigenvalue weighted by Gasteiger charge is 2.29. The summed E-state index contributed by atoms with van der Waals surface area (Å²) in [6.07, 6.45) is -4.00. The van der Waals surface area contributed by atoms with Gasteiger partial charge in [0.1, 0.15) is 0 Å². The predicted octanol–water partition coefficient (Wildman–Crippen LogP) is 3.28. The molecule has 2 rings (SSSR count). The van der Waals surface area contributed by atoms with E-state index in [-0.39, 0.29) is 12.6 Å². The number of hydrogen-bond acceptors (Lipinski definition) is 2. The van der Waals surface area contributed by atoms with Crippen molar-refractivity contribution in [2.24, 2.45) is 0 Å². The molecule has 2 nitrogen and oxygen atoms in total. The van der Waals surface area contributed by atoms with Gasteiger partial charge in [-0.15, -0.1) is 0 Å². The van der Waals surface area contributed by atoms with Crippen LogP contribution in [0.3, 0.4) is 0 Å². The van der Waals surface area contributed by atoms with E-state index in [9.17, 15) is 13.2 Å². The lowest BCUT2D eigenvalue weighted by Crippen LogP contribution is -2.26. The van der Waals surface area contributed by atoms with Crippen molar-refractivity contribution in [3.63, 3.8) is 0 Å². The Morgan fingerprint density at radius 3 is 2.74 bits per heavy atom. The SMILES string of the molecule is CNC(C)c1ccc2c(c1)CCN2CCC(F)(F)F. The smallest absolute Gasteiger partial charge is 0.371 e. The summed E-state index contributed by atoms with van der Waals surface area (Å²) in [6, 6.07) is 6.30. The van der Waals surface area contributed by atoms with Crippen LogP contribution in [0, 0.1) is 0 Å². The quantitative estimate of drug-likeness (QED) is 0.905. The van der Waals surface area contributed by atoms with Crippen molar-refractivity contribution in [1.82, 2.24) is 5.32 Å². The number of anilines is 1. The van der Waals surface area contributed by atoms with Gasteiger partial charge in [-0.25, -0.2) is 0 Å². The molecular weight excluding hydrogens is 253 g/mol. The van der Waals surface area contributed by atoms with E-state index in [1.807, 2.05) is 24.1 Å². The summed E-state index contributed by atoms with van der Waals surface area (Å²) in [4.78, 5) is 1.83. The lowest BCUT2D eigenvalue weighted by atomic mass is 10.0. The highest BCUT2D eigenvalue weighted by molar-refractivity contribution is 5.59. The summed E-state index contributed by atoms with van der Waals surface area (Å²) >= 11 is 0. The molecule has 106 valence electrons. The van der Waals surface area contributed by atoms with Gasteiger partial charge in [-0.3, -0.25) is 0 Å². The van der Waals surface area contributed by atoms with Crippen LogP contribution < -0.4 is 10.2 Å². The van der Waals surface area contributed by atoms with Crippen LogP contribution >= 0.6 is 0 Å². The summed E-state index contributed by atoms with van der Waals surface area (Å²) in [5.74, 6) is 0. The zero-order chi connectivity index (χ0) is 14.0. The van der Waals surface area contributed by atoms with Crippen molar-refractivity contribution in [3.05, 3.63) is 29.3 Å². The van der Waals surface area contributed by atoms with E-state index in [0.29, 0.717) is 6.54 Å². The predicted molar refractivity (Wildman–Crippen MR) is 70.5 cm³/mol. The third kappa shape index (κ3) is 3.41. The maximum atomic E-state index is 12.3. The first-order valence-corrected chi connectivity index (χ1v) is 6.52. The van der Waals surface area contributed by atoms with Crippen molar-refractivity contribution >= 4 is 5.69 Å². The van der Waals surface area contributed by atoms with Crippen LogP contribution in [0.15, 0.2) is 18.2 Å². The molecule has 0 spiro atoms. The van der Waals surface area contributed by atoms with E-state index >= 15 is 0 Å². The van der Waals surface area contributed by atoms with Crippen molar-refractivity contribution < 1.29 is 13.2 Å². The Kier molecular flexibility index (Phi) is 4.04. The molecule has 1 N–H and O–H groups in total. The maximum Gasteiger partial charge on any atom is 0.390 e. The molecule has 0 aromatic heterocycles. The molecule has 0 saturated heterocycles. The Morgan fingerprint density at radius 1 is 1.37 bits per heavy atom. The molecule has 0 radical (unpaired) electrons. The first-order valence-electron chi connectivity index (χ1n) is 6.52. The van der Waals surface area contributed by atoms with Gasteiger partial charge in [0, 0.05) is 24.8 Å². The first kappa shape index (κ1) is 14.2. The molecule has 1 heterocycles. The summed E-state index contributed by atoms with van der Waals surface area (Å²) in [7, 11) is 1.90. The third-order valence-corrected chi connectivity index (χ3v) is 3.69. The van der Waals surface area contributed by atoms with E-state index in [4.69, 9.17) is 0 Å². The largest absolute Gasteiger partial charge is 0.390 e. The van der Waals surface area contributed by atoms with Crippen molar-refractivity contribution in [1.29, 1.82) is 0 Å². The second-order valence-electron chi connectivity index (χ2n) is 5.00. The number of hydrogen-bond donors (Lipinski definition) is 1. The van der Waals surface area contributed by atoms with E-state index in [1.165, 1.54) is 5.56 Å². The molecule has 1 aliphatic rings. The summed E-state index contributed by atoms with van der Waals surface area (Å²) in [6.45, 7) is 2.80. The molecule has 0 fully saturated rings. The minimum Gasteiger partial charge on any atom is -0.371 e. The monoisotopic (exact) mass is 272 g/mol.